The standard InChI is InChI=1S/C16H12ClF2NO3/c17-12-8-11(18)5-6-14(12)20-15(21)9-23-16(22)7-10-3-1-2-4-13(10)19/h1-6,8H,7,9H2,(H,20,21). The van der Waals surface area contributed by atoms with Crippen LogP contribution < -0.4 is 5.32 Å². The second-order valence-electron chi connectivity index (χ2n) is 4.60. The Balaban J connectivity index is 1.84. The maximum Gasteiger partial charge on any atom is 0.310 e. The van der Waals surface area contributed by atoms with Crippen LogP contribution in [0.4, 0.5) is 14.5 Å². The predicted octanol–water partition coefficient (Wildman–Crippen LogP) is 3.34. The molecular formula is C16H12ClF2NO3. The van der Waals surface area contributed by atoms with Gasteiger partial charge in [-0.1, -0.05) is 29.8 Å². The summed E-state index contributed by atoms with van der Waals surface area (Å²) in [6, 6.07) is 9.24. The van der Waals surface area contributed by atoms with Gasteiger partial charge < -0.3 is 10.1 Å². The van der Waals surface area contributed by atoms with Crippen molar-refractivity contribution >= 4 is 29.2 Å². The van der Waals surface area contributed by atoms with Gasteiger partial charge in [-0.2, -0.15) is 0 Å². The number of benzene rings is 2. The molecule has 0 fully saturated rings. The molecule has 4 nitrogen and oxygen atoms in total. The number of hydrogen-bond acceptors (Lipinski definition) is 3. The van der Waals surface area contributed by atoms with E-state index < -0.39 is 30.1 Å². The maximum absolute atomic E-state index is 13.4. The van der Waals surface area contributed by atoms with Crippen LogP contribution in [0, 0.1) is 11.6 Å². The van der Waals surface area contributed by atoms with Crippen molar-refractivity contribution in [2.24, 2.45) is 0 Å². The van der Waals surface area contributed by atoms with E-state index in [0.717, 1.165) is 12.1 Å². The molecule has 0 saturated carbocycles. The summed E-state index contributed by atoms with van der Waals surface area (Å²) in [5.41, 5.74) is 0.378. The molecule has 0 aliphatic carbocycles. The van der Waals surface area contributed by atoms with Gasteiger partial charge in [-0.05, 0) is 29.8 Å². The third kappa shape index (κ3) is 5.03. The summed E-state index contributed by atoms with van der Waals surface area (Å²) in [6.07, 6.45) is -0.280. The van der Waals surface area contributed by atoms with Crippen molar-refractivity contribution in [1.82, 2.24) is 0 Å². The molecule has 0 saturated heterocycles. The number of amides is 1. The molecule has 0 radical (unpaired) electrons. The van der Waals surface area contributed by atoms with E-state index in [4.69, 9.17) is 16.3 Å². The fraction of sp³-hybridized carbons (Fsp3) is 0.125. The Morgan fingerprint density at radius 3 is 2.57 bits per heavy atom. The number of carbonyl (C=O) groups is 2. The van der Waals surface area contributed by atoms with Gasteiger partial charge in [0.15, 0.2) is 6.61 Å². The van der Waals surface area contributed by atoms with E-state index in [-0.39, 0.29) is 22.7 Å². The Bertz CT molecular complexity index is 737. The average molecular weight is 340 g/mol. The zero-order chi connectivity index (χ0) is 16.8. The Morgan fingerprint density at radius 1 is 1.13 bits per heavy atom. The summed E-state index contributed by atoms with van der Waals surface area (Å²) in [6.45, 7) is -0.555. The minimum absolute atomic E-state index is 0.0241. The number of carbonyl (C=O) groups excluding carboxylic acids is 2. The first kappa shape index (κ1) is 16.9. The molecular weight excluding hydrogens is 328 g/mol. The molecule has 2 rings (SSSR count). The smallest absolute Gasteiger partial charge is 0.310 e. The lowest BCUT2D eigenvalue weighted by atomic mass is 10.1. The zero-order valence-electron chi connectivity index (χ0n) is 11.8. The van der Waals surface area contributed by atoms with Crippen molar-refractivity contribution in [3.05, 3.63) is 64.7 Å². The number of halogens is 3. The molecule has 1 N–H and O–H groups in total. The van der Waals surface area contributed by atoms with Crippen LogP contribution in [-0.2, 0) is 20.7 Å². The van der Waals surface area contributed by atoms with Crippen molar-refractivity contribution in [3.8, 4) is 0 Å². The molecule has 0 atom stereocenters. The third-order valence-corrected chi connectivity index (χ3v) is 3.17. The van der Waals surface area contributed by atoms with Crippen molar-refractivity contribution in [2.45, 2.75) is 6.42 Å². The van der Waals surface area contributed by atoms with Gasteiger partial charge in [0.25, 0.3) is 5.91 Å². The Labute approximate surface area is 136 Å². The molecule has 1 amide bonds. The fourth-order valence-corrected chi connectivity index (χ4v) is 1.99. The second kappa shape index (κ2) is 7.69. The molecule has 0 aliphatic rings. The van der Waals surface area contributed by atoms with E-state index in [1.165, 1.54) is 24.3 Å². The molecule has 23 heavy (non-hydrogen) atoms. The molecule has 0 spiro atoms. The van der Waals surface area contributed by atoms with Crippen molar-refractivity contribution in [3.63, 3.8) is 0 Å². The van der Waals surface area contributed by atoms with Crippen molar-refractivity contribution in [1.29, 1.82) is 0 Å². The first-order valence-corrected chi connectivity index (χ1v) is 6.97. The lowest BCUT2D eigenvalue weighted by Gasteiger charge is -2.08. The summed E-state index contributed by atoms with van der Waals surface area (Å²) in [7, 11) is 0. The quantitative estimate of drug-likeness (QED) is 0.850. The van der Waals surface area contributed by atoms with E-state index in [2.05, 4.69) is 5.32 Å². The first-order chi connectivity index (χ1) is 11.0. The number of hydrogen-bond donors (Lipinski definition) is 1. The summed E-state index contributed by atoms with van der Waals surface area (Å²) >= 11 is 5.76. The normalized spacial score (nSPS) is 10.2. The monoisotopic (exact) mass is 339 g/mol. The molecule has 7 heteroatoms. The molecule has 120 valence electrons. The van der Waals surface area contributed by atoms with Gasteiger partial charge in [0.05, 0.1) is 17.1 Å². The van der Waals surface area contributed by atoms with E-state index in [1.807, 2.05) is 0 Å². The van der Waals surface area contributed by atoms with E-state index in [1.54, 1.807) is 6.07 Å². The fourth-order valence-electron chi connectivity index (χ4n) is 1.77. The molecule has 0 aromatic heterocycles. The summed E-state index contributed by atoms with van der Waals surface area (Å²) in [5, 5.41) is 2.40. The number of ether oxygens (including phenoxy) is 1. The Hall–Kier alpha value is -2.47. The van der Waals surface area contributed by atoms with Gasteiger partial charge in [-0.3, -0.25) is 9.59 Å². The van der Waals surface area contributed by atoms with E-state index in [9.17, 15) is 18.4 Å². The largest absolute Gasteiger partial charge is 0.455 e. The Kier molecular flexibility index (Phi) is 5.65. The number of esters is 1. The SMILES string of the molecule is O=C(COC(=O)Cc1ccccc1F)Nc1ccc(F)cc1Cl. The number of nitrogens with one attached hydrogen (secondary N) is 1. The van der Waals surface area contributed by atoms with Crippen LogP contribution in [0.3, 0.4) is 0 Å². The van der Waals surface area contributed by atoms with Crippen LogP contribution in [0.15, 0.2) is 42.5 Å². The number of rotatable bonds is 5. The van der Waals surface area contributed by atoms with E-state index in [0.29, 0.717) is 0 Å². The summed E-state index contributed by atoms with van der Waals surface area (Å²) in [5.74, 6) is -2.44. The lowest BCUT2D eigenvalue weighted by Crippen LogP contribution is -2.22. The van der Waals surface area contributed by atoms with Crippen LogP contribution >= 0.6 is 11.6 Å². The minimum atomic E-state index is -0.740. The minimum Gasteiger partial charge on any atom is -0.455 e. The second-order valence-corrected chi connectivity index (χ2v) is 5.01. The van der Waals surface area contributed by atoms with Crippen LogP contribution in [0.1, 0.15) is 5.56 Å². The van der Waals surface area contributed by atoms with Gasteiger partial charge in [-0.25, -0.2) is 8.78 Å². The highest BCUT2D eigenvalue weighted by molar-refractivity contribution is 6.33. The predicted molar refractivity (Wildman–Crippen MR) is 81.1 cm³/mol. The molecule has 2 aromatic carbocycles. The average Bonchev–Trinajstić information content (AvgIpc) is 2.50. The maximum atomic E-state index is 13.4. The van der Waals surface area contributed by atoms with Gasteiger partial charge in [-0.15, -0.1) is 0 Å². The third-order valence-electron chi connectivity index (χ3n) is 2.86. The Morgan fingerprint density at radius 2 is 1.87 bits per heavy atom. The van der Waals surface area contributed by atoms with Gasteiger partial charge >= 0.3 is 5.97 Å². The number of anilines is 1. The first-order valence-electron chi connectivity index (χ1n) is 6.59. The van der Waals surface area contributed by atoms with Crippen molar-refractivity contribution < 1.29 is 23.1 Å². The van der Waals surface area contributed by atoms with Crippen LogP contribution in [0.2, 0.25) is 5.02 Å². The lowest BCUT2D eigenvalue weighted by molar-refractivity contribution is -0.146. The zero-order valence-corrected chi connectivity index (χ0v) is 12.6. The van der Waals surface area contributed by atoms with Crippen LogP contribution in [0.25, 0.3) is 0 Å². The highest BCUT2D eigenvalue weighted by Gasteiger charge is 2.12. The van der Waals surface area contributed by atoms with Gasteiger partial charge in [0.2, 0.25) is 0 Å². The molecule has 0 heterocycles. The van der Waals surface area contributed by atoms with Crippen molar-refractivity contribution in [2.75, 3.05) is 11.9 Å². The topological polar surface area (TPSA) is 55.4 Å². The summed E-state index contributed by atoms with van der Waals surface area (Å²) < 4.78 is 31.0. The molecule has 0 aliphatic heterocycles. The highest BCUT2D eigenvalue weighted by atomic mass is 35.5. The molecule has 2 aromatic rings. The molecule has 0 unspecified atom stereocenters. The van der Waals surface area contributed by atoms with Crippen LogP contribution in [0.5, 0.6) is 0 Å². The van der Waals surface area contributed by atoms with Crippen LogP contribution in [-0.4, -0.2) is 18.5 Å². The highest BCUT2D eigenvalue weighted by Crippen LogP contribution is 2.22. The van der Waals surface area contributed by atoms with Gasteiger partial charge in [0, 0.05) is 0 Å². The molecule has 0 bridgehead atoms. The van der Waals surface area contributed by atoms with E-state index >= 15 is 0 Å². The summed E-state index contributed by atoms with van der Waals surface area (Å²) in [4.78, 5) is 23.2. The van der Waals surface area contributed by atoms with Gasteiger partial charge in [0.1, 0.15) is 11.6 Å².